The first-order chi connectivity index (χ1) is 8.69. The zero-order chi connectivity index (χ0) is 13.4. The van der Waals surface area contributed by atoms with Gasteiger partial charge in [0.1, 0.15) is 11.6 Å². The fraction of sp³-hybridized carbons (Fsp3) is 0.286. The lowest BCUT2D eigenvalue weighted by Gasteiger charge is -2.03. The molecule has 0 saturated carbocycles. The van der Waals surface area contributed by atoms with Gasteiger partial charge in [0.15, 0.2) is 0 Å². The average Bonchev–Trinajstić information content (AvgIpc) is 2.38. The number of hydrogen-bond acceptors (Lipinski definition) is 2. The lowest BCUT2D eigenvalue weighted by Crippen LogP contribution is -2.25. The highest BCUT2D eigenvalue weighted by Gasteiger charge is 2.08. The van der Waals surface area contributed by atoms with Crippen molar-refractivity contribution < 1.29 is 4.79 Å². The molecule has 1 amide bonds. The molecule has 0 saturated heterocycles. The molecule has 0 aliphatic rings. The number of carbonyl (C=O) groups is 1. The minimum Gasteiger partial charge on any atom is -0.351 e. The Hall–Kier alpha value is -1.35. The fourth-order valence-corrected chi connectivity index (χ4v) is 1.91. The Morgan fingerprint density at radius 3 is 2.83 bits per heavy atom. The van der Waals surface area contributed by atoms with Crippen molar-refractivity contribution in [2.24, 2.45) is 0 Å². The number of nitrogens with one attached hydrogen (secondary N) is 1. The summed E-state index contributed by atoms with van der Waals surface area (Å²) in [4.78, 5) is 11.8. The lowest BCUT2D eigenvalue weighted by molar-refractivity contribution is -0.117. The Kier molecular flexibility index (Phi) is 6.44. The third-order valence-corrected chi connectivity index (χ3v) is 3.37. The van der Waals surface area contributed by atoms with E-state index in [0.717, 1.165) is 22.0 Å². The van der Waals surface area contributed by atoms with Gasteiger partial charge in [0.05, 0.1) is 0 Å². The summed E-state index contributed by atoms with van der Waals surface area (Å²) in [6, 6.07) is 9.59. The first kappa shape index (κ1) is 14.7. The van der Waals surface area contributed by atoms with E-state index in [4.69, 9.17) is 5.26 Å². The number of nitriles is 1. The van der Waals surface area contributed by atoms with Crippen molar-refractivity contribution in [1.29, 1.82) is 5.26 Å². The molecule has 4 heteroatoms. The number of halogens is 1. The highest BCUT2D eigenvalue weighted by molar-refractivity contribution is 14.1. The Morgan fingerprint density at radius 1 is 1.50 bits per heavy atom. The van der Waals surface area contributed by atoms with Crippen LogP contribution in [0.2, 0.25) is 0 Å². The number of rotatable bonds is 5. The van der Waals surface area contributed by atoms with Crippen molar-refractivity contribution in [3.05, 3.63) is 39.0 Å². The second-order valence-corrected chi connectivity index (χ2v) is 4.96. The highest BCUT2D eigenvalue weighted by atomic mass is 127. The SMILES string of the molecule is CCCCNC(=O)/C(C#N)=C/c1ccccc1I. The molecule has 0 bridgehead atoms. The molecule has 0 unspecified atom stereocenters. The summed E-state index contributed by atoms with van der Waals surface area (Å²) in [6.45, 7) is 2.67. The highest BCUT2D eigenvalue weighted by Crippen LogP contribution is 2.15. The summed E-state index contributed by atoms with van der Waals surface area (Å²) < 4.78 is 1.02. The Bertz CT molecular complexity index is 489. The normalized spacial score (nSPS) is 10.8. The van der Waals surface area contributed by atoms with Gasteiger partial charge in [0.25, 0.3) is 5.91 Å². The van der Waals surface area contributed by atoms with Gasteiger partial charge in [-0.1, -0.05) is 31.5 Å². The van der Waals surface area contributed by atoms with Crippen LogP contribution in [0.25, 0.3) is 6.08 Å². The van der Waals surface area contributed by atoms with Crippen molar-refractivity contribution in [2.45, 2.75) is 19.8 Å². The molecule has 1 rings (SSSR count). The van der Waals surface area contributed by atoms with Crippen molar-refractivity contribution in [1.82, 2.24) is 5.32 Å². The summed E-state index contributed by atoms with van der Waals surface area (Å²) in [7, 11) is 0. The van der Waals surface area contributed by atoms with Gasteiger partial charge < -0.3 is 5.32 Å². The van der Waals surface area contributed by atoms with Gasteiger partial charge in [0, 0.05) is 10.1 Å². The third-order valence-electron chi connectivity index (χ3n) is 2.39. The van der Waals surface area contributed by atoms with E-state index < -0.39 is 0 Å². The topological polar surface area (TPSA) is 52.9 Å². The zero-order valence-corrected chi connectivity index (χ0v) is 12.4. The summed E-state index contributed by atoms with van der Waals surface area (Å²) in [5.41, 5.74) is 1.04. The molecule has 94 valence electrons. The van der Waals surface area contributed by atoms with Gasteiger partial charge in [-0.2, -0.15) is 5.26 Å². The standard InChI is InChI=1S/C14H15IN2O/c1-2-3-8-17-14(18)12(10-16)9-11-6-4-5-7-13(11)15/h4-7,9H,2-3,8H2,1H3,(H,17,18)/b12-9+. The number of unbranched alkanes of at least 4 members (excludes halogenated alkanes) is 1. The maximum atomic E-state index is 11.8. The second-order valence-electron chi connectivity index (χ2n) is 3.80. The molecule has 18 heavy (non-hydrogen) atoms. The molecule has 1 aromatic carbocycles. The van der Waals surface area contributed by atoms with Gasteiger partial charge in [0.2, 0.25) is 0 Å². The predicted molar refractivity (Wildman–Crippen MR) is 80.7 cm³/mol. The van der Waals surface area contributed by atoms with Crippen molar-refractivity contribution in [2.75, 3.05) is 6.54 Å². The van der Waals surface area contributed by atoms with E-state index >= 15 is 0 Å². The molecular formula is C14H15IN2O. The van der Waals surface area contributed by atoms with Crippen molar-refractivity contribution in [3.63, 3.8) is 0 Å². The summed E-state index contributed by atoms with van der Waals surface area (Å²) in [5.74, 6) is -0.300. The Labute approximate surface area is 121 Å². The van der Waals surface area contributed by atoms with E-state index in [9.17, 15) is 4.79 Å². The van der Waals surface area contributed by atoms with Gasteiger partial charge in [-0.25, -0.2) is 0 Å². The summed E-state index contributed by atoms with van der Waals surface area (Å²) in [6.07, 6.45) is 3.57. The molecule has 0 fully saturated rings. The van der Waals surface area contributed by atoms with Gasteiger partial charge in [-0.05, 0) is 46.7 Å². The Morgan fingerprint density at radius 2 is 2.22 bits per heavy atom. The predicted octanol–water partition coefficient (Wildman–Crippen LogP) is 3.11. The maximum absolute atomic E-state index is 11.8. The first-order valence-corrected chi connectivity index (χ1v) is 6.91. The minimum absolute atomic E-state index is 0.148. The van der Waals surface area contributed by atoms with Crippen LogP contribution in [-0.2, 0) is 4.79 Å². The van der Waals surface area contributed by atoms with Crippen molar-refractivity contribution >= 4 is 34.6 Å². The molecule has 0 atom stereocenters. The quantitative estimate of drug-likeness (QED) is 0.382. The Balaban J connectivity index is 2.81. The van der Waals surface area contributed by atoms with Gasteiger partial charge in [-0.3, -0.25) is 4.79 Å². The van der Waals surface area contributed by atoms with E-state index in [2.05, 4.69) is 34.8 Å². The lowest BCUT2D eigenvalue weighted by atomic mass is 10.1. The van der Waals surface area contributed by atoms with Crippen LogP contribution >= 0.6 is 22.6 Å². The van der Waals surface area contributed by atoms with Crippen LogP contribution in [0.1, 0.15) is 25.3 Å². The molecular weight excluding hydrogens is 339 g/mol. The van der Waals surface area contributed by atoms with Gasteiger partial charge in [-0.15, -0.1) is 0 Å². The van der Waals surface area contributed by atoms with E-state index in [-0.39, 0.29) is 11.5 Å². The van der Waals surface area contributed by atoms with Crippen molar-refractivity contribution in [3.8, 4) is 6.07 Å². The van der Waals surface area contributed by atoms with E-state index in [1.165, 1.54) is 0 Å². The van der Waals surface area contributed by atoms with Crippen LogP contribution in [0.15, 0.2) is 29.8 Å². The van der Waals surface area contributed by atoms with E-state index in [1.54, 1.807) is 6.08 Å². The number of amides is 1. The van der Waals surface area contributed by atoms with Crippen LogP contribution in [0, 0.1) is 14.9 Å². The monoisotopic (exact) mass is 354 g/mol. The number of hydrogen-bond donors (Lipinski definition) is 1. The largest absolute Gasteiger partial charge is 0.351 e. The van der Waals surface area contributed by atoms with E-state index in [0.29, 0.717) is 6.54 Å². The number of carbonyl (C=O) groups excluding carboxylic acids is 1. The van der Waals surface area contributed by atoms with Crippen LogP contribution in [0.3, 0.4) is 0 Å². The number of benzene rings is 1. The zero-order valence-electron chi connectivity index (χ0n) is 10.2. The average molecular weight is 354 g/mol. The first-order valence-electron chi connectivity index (χ1n) is 5.83. The fourth-order valence-electron chi connectivity index (χ4n) is 1.37. The number of nitrogens with zero attached hydrogens (tertiary/aromatic N) is 1. The summed E-state index contributed by atoms with van der Waals surface area (Å²) >= 11 is 2.18. The molecule has 3 nitrogen and oxygen atoms in total. The minimum atomic E-state index is -0.300. The molecule has 1 aromatic rings. The van der Waals surface area contributed by atoms with Crippen LogP contribution < -0.4 is 5.32 Å². The van der Waals surface area contributed by atoms with Crippen LogP contribution in [0.5, 0.6) is 0 Å². The van der Waals surface area contributed by atoms with Crippen LogP contribution in [0.4, 0.5) is 0 Å². The van der Waals surface area contributed by atoms with Gasteiger partial charge >= 0.3 is 0 Å². The van der Waals surface area contributed by atoms with Crippen LogP contribution in [-0.4, -0.2) is 12.5 Å². The molecule has 0 aromatic heterocycles. The molecule has 0 aliphatic heterocycles. The molecule has 1 N–H and O–H groups in total. The molecule has 0 aliphatic carbocycles. The summed E-state index contributed by atoms with van der Waals surface area (Å²) in [5, 5.41) is 11.8. The second kappa shape index (κ2) is 7.88. The smallest absolute Gasteiger partial charge is 0.261 e. The third kappa shape index (κ3) is 4.49. The molecule has 0 spiro atoms. The molecule has 0 heterocycles. The molecule has 0 radical (unpaired) electrons. The maximum Gasteiger partial charge on any atom is 0.261 e. The van der Waals surface area contributed by atoms with E-state index in [1.807, 2.05) is 30.3 Å².